The molecule has 0 saturated carbocycles. The van der Waals surface area contributed by atoms with Gasteiger partial charge >= 0.3 is 5.69 Å². The zero-order valence-electron chi connectivity index (χ0n) is 14.6. The third kappa shape index (κ3) is 2.37. The maximum Gasteiger partial charge on any atom is 0.333 e. The van der Waals surface area contributed by atoms with Crippen LogP contribution in [0.4, 0.5) is 0 Å². The van der Waals surface area contributed by atoms with Gasteiger partial charge < -0.3 is 4.98 Å². The van der Waals surface area contributed by atoms with E-state index in [0.717, 1.165) is 23.1 Å². The fourth-order valence-electron chi connectivity index (χ4n) is 3.85. The van der Waals surface area contributed by atoms with Gasteiger partial charge in [0.25, 0.3) is 5.56 Å². The van der Waals surface area contributed by atoms with Gasteiger partial charge in [0.1, 0.15) is 0 Å². The van der Waals surface area contributed by atoms with Crippen LogP contribution in [0.5, 0.6) is 0 Å². The molecule has 0 bridgehead atoms. The molecule has 4 heteroatoms. The lowest BCUT2D eigenvalue weighted by atomic mass is 9.72. The predicted molar refractivity (Wildman–Crippen MR) is 99.6 cm³/mol. The van der Waals surface area contributed by atoms with Crippen LogP contribution in [0.15, 0.2) is 58.1 Å². The maximum absolute atomic E-state index is 13.3. The van der Waals surface area contributed by atoms with Gasteiger partial charge in [-0.25, -0.2) is 9.36 Å². The van der Waals surface area contributed by atoms with E-state index in [-0.39, 0.29) is 11.0 Å². The molecule has 0 radical (unpaired) electrons. The Bertz CT molecular complexity index is 1100. The number of hydrogen-bond acceptors (Lipinski definition) is 2. The Morgan fingerprint density at radius 2 is 1.80 bits per heavy atom. The van der Waals surface area contributed by atoms with Crippen LogP contribution < -0.4 is 11.2 Å². The maximum atomic E-state index is 13.3. The van der Waals surface area contributed by atoms with E-state index in [9.17, 15) is 9.59 Å². The number of hydrogen-bond donors (Lipinski definition) is 1. The molecule has 1 aromatic heterocycles. The van der Waals surface area contributed by atoms with Crippen molar-refractivity contribution in [3.8, 4) is 16.9 Å². The summed E-state index contributed by atoms with van der Waals surface area (Å²) in [5.41, 5.74) is 4.06. The minimum Gasteiger partial charge on any atom is -0.306 e. The molecular weight excluding hydrogens is 312 g/mol. The van der Waals surface area contributed by atoms with E-state index in [2.05, 4.69) is 24.9 Å². The minimum atomic E-state index is -0.401. The van der Waals surface area contributed by atoms with Crippen molar-refractivity contribution in [1.82, 2.24) is 9.55 Å². The van der Waals surface area contributed by atoms with E-state index in [1.54, 1.807) is 6.07 Å². The molecule has 0 atom stereocenters. The Morgan fingerprint density at radius 1 is 1.04 bits per heavy atom. The molecule has 1 heterocycles. The molecule has 4 rings (SSSR count). The first-order chi connectivity index (χ1) is 11.9. The van der Waals surface area contributed by atoms with Crippen molar-refractivity contribution in [2.24, 2.45) is 0 Å². The molecule has 0 spiro atoms. The molecule has 0 fully saturated rings. The number of aromatic nitrogens is 2. The first kappa shape index (κ1) is 15.6. The number of nitrogens with one attached hydrogen (secondary N) is 1. The SMILES string of the molecule is Cc1cccc(-n2c(=O)[nH]c3c(c2=O)C(C)(C)Cc2ccccc2-3)c1. The number of rotatable bonds is 1. The molecule has 3 aromatic rings. The number of aryl methyl sites for hydroxylation is 1. The van der Waals surface area contributed by atoms with Crippen molar-refractivity contribution < 1.29 is 0 Å². The van der Waals surface area contributed by atoms with Crippen LogP contribution in [0.1, 0.15) is 30.5 Å². The van der Waals surface area contributed by atoms with E-state index in [1.165, 1.54) is 4.57 Å². The first-order valence-electron chi connectivity index (χ1n) is 8.43. The van der Waals surface area contributed by atoms with Gasteiger partial charge in [-0.1, -0.05) is 50.2 Å². The molecule has 1 aliphatic rings. The van der Waals surface area contributed by atoms with Crippen molar-refractivity contribution in [2.75, 3.05) is 0 Å². The van der Waals surface area contributed by atoms with Crippen LogP contribution in [0.2, 0.25) is 0 Å². The molecule has 1 N–H and O–H groups in total. The summed E-state index contributed by atoms with van der Waals surface area (Å²) in [5.74, 6) is 0. The molecule has 0 aliphatic heterocycles. The van der Waals surface area contributed by atoms with Crippen molar-refractivity contribution in [3.63, 3.8) is 0 Å². The average Bonchev–Trinajstić information content (AvgIpc) is 2.53. The van der Waals surface area contributed by atoms with Crippen LogP contribution in [0.25, 0.3) is 16.9 Å². The number of H-pyrrole nitrogens is 1. The highest BCUT2D eigenvalue weighted by atomic mass is 16.2. The third-order valence-corrected chi connectivity index (χ3v) is 4.96. The van der Waals surface area contributed by atoms with Gasteiger partial charge in [-0.05, 0) is 36.6 Å². The lowest BCUT2D eigenvalue weighted by molar-refractivity contribution is 0.502. The minimum absolute atomic E-state index is 0.233. The van der Waals surface area contributed by atoms with Gasteiger partial charge in [0.2, 0.25) is 0 Å². The Hall–Kier alpha value is -2.88. The normalized spacial score (nSPS) is 14.7. The Morgan fingerprint density at radius 3 is 2.56 bits per heavy atom. The molecule has 0 saturated heterocycles. The zero-order valence-corrected chi connectivity index (χ0v) is 14.6. The van der Waals surface area contributed by atoms with Gasteiger partial charge in [-0.15, -0.1) is 0 Å². The van der Waals surface area contributed by atoms with E-state index in [0.29, 0.717) is 16.9 Å². The van der Waals surface area contributed by atoms with Crippen LogP contribution >= 0.6 is 0 Å². The van der Waals surface area contributed by atoms with Gasteiger partial charge in [0, 0.05) is 16.5 Å². The lowest BCUT2D eigenvalue weighted by Crippen LogP contribution is -2.43. The van der Waals surface area contributed by atoms with Crippen molar-refractivity contribution in [3.05, 3.63) is 86.1 Å². The molecular formula is C21H20N2O2. The largest absolute Gasteiger partial charge is 0.333 e. The summed E-state index contributed by atoms with van der Waals surface area (Å²) in [6.45, 7) is 6.06. The predicted octanol–water partition coefficient (Wildman–Crippen LogP) is 3.33. The summed E-state index contributed by atoms with van der Waals surface area (Å²) in [6.07, 6.45) is 0.769. The monoisotopic (exact) mass is 332 g/mol. The fourth-order valence-corrected chi connectivity index (χ4v) is 3.85. The summed E-state index contributed by atoms with van der Waals surface area (Å²) < 4.78 is 1.25. The highest BCUT2D eigenvalue weighted by Gasteiger charge is 2.35. The molecule has 25 heavy (non-hydrogen) atoms. The van der Waals surface area contributed by atoms with E-state index >= 15 is 0 Å². The average molecular weight is 332 g/mol. The summed E-state index contributed by atoms with van der Waals surface area (Å²) >= 11 is 0. The highest BCUT2D eigenvalue weighted by molar-refractivity contribution is 5.71. The van der Waals surface area contributed by atoms with Crippen LogP contribution in [0, 0.1) is 6.92 Å². The molecule has 0 unspecified atom stereocenters. The number of nitrogens with zero attached hydrogens (tertiary/aromatic N) is 1. The molecule has 2 aromatic carbocycles. The second-order valence-corrected chi connectivity index (χ2v) is 7.38. The third-order valence-electron chi connectivity index (χ3n) is 4.96. The van der Waals surface area contributed by atoms with Crippen molar-refractivity contribution >= 4 is 0 Å². The molecule has 126 valence electrons. The second kappa shape index (κ2) is 5.31. The zero-order chi connectivity index (χ0) is 17.8. The van der Waals surface area contributed by atoms with E-state index in [4.69, 9.17) is 0 Å². The molecule has 0 amide bonds. The topological polar surface area (TPSA) is 54.9 Å². The first-order valence-corrected chi connectivity index (χ1v) is 8.43. The molecule has 4 nitrogen and oxygen atoms in total. The Balaban J connectivity index is 2.09. The summed E-state index contributed by atoms with van der Waals surface area (Å²) in [6, 6.07) is 15.4. The van der Waals surface area contributed by atoms with Crippen LogP contribution in [0.3, 0.4) is 0 Å². The lowest BCUT2D eigenvalue weighted by Gasteiger charge is -2.33. The van der Waals surface area contributed by atoms with Crippen molar-refractivity contribution in [2.45, 2.75) is 32.6 Å². The summed E-state index contributed by atoms with van der Waals surface area (Å²) in [4.78, 5) is 29.0. The summed E-state index contributed by atoms with van der Waals surface area (Å²) in [5, 5.41) is 0. The standard InChI is InChI=1S/C21H20N2O2/c1-13-7-6-9-15(11-13)23-19(24)17-18(22-20(23)25)16-10-5-4-8-14(16)12-21(17,2)3/h4-11H,12H2,1-3H3,(H,22,25). The Labute approximate surface area is 145 Å². The smallest absolute Gasteiger partial charge is 0.306 e. The van der Waals surface area contributed by atoms with Crippen LogP contribution in [-0.4, -0.2) is 9.55 Å². The van der Waals surface area contributed by atoms with E-state index < -0.39 is 5.69 Å². The van der Waals surface area contributed by atoms with Crippen molar-refractivity contribution in [1.29, 1.82) is 0 Å². The number of fused-ring (bicyclic) bond motifs is 3. The number of aromatic amines is 1. The van der Waals surface area contributed by atoms with Crippen LogP contribution in [-0.2, 0) is 11.8 Å². The quantitative estimate of drug-likeness (QED) is 0.743. The Kier molecular flexibility index (Phi) is 3.32. The highest BCUT2D eigenvalue weighted by Crippen LogP contribution is 2.39. The summed E-state index contributed by atoms with van der Waals surface area (Å²) in [7, 11) is 0. The fraction of sp³-hybridized carbons (Fsp3) is 0.238. The van der Waals surface area contributed by atoms with Gasteiger partial charge in [-0.2, -0.15) is 0 Å². The molecule has 1 aliphatic carbocycles. The number of benzene rings is 2. The van der Waals surface area contributed by atoms with Gasteiger partial charge in [-0.3, -0.25) is 4.79 Å². The van der Waals surface area contributed by atoms with E-state index in [1.807, 2.05) is 43.3 Å². The second-order valence-electron chi connectivity index (χ2n) is 7.38. The van der Waals surface area contributed by atoms with Gasteiger partial charge in [0.15, 0.2) is 0 Å². The van der Waals surface area contributed by atoms with Gasteiger partial charge in [0.05, 0.1) is 11.4 Å².